The van der Waals surface area contributed by atoms with Crippen LogP contribution in [0.4, 0.5) is 4.79 Å². The molecule has 0 heterocycles. The van der Waals surface area contributed by atoms with Crippen molar-refractivity contribution in [2.24, 2.45) is 0 Å². The molecule has 24 heavy (non-hydrogen) atoms. The Morgan fingerprint density at radius 1 is 1.17 bits per heavy atom. The minimum absolute atomic E-state index is 0.373. The molecule has 0 aromatic heterocycles. The fraction of sp³-hybridized carbons (Fsp3) is 0.312. The van der Waals surface area contributed by atoms with Gasteiger partial charge in [0.05, 0.1) is 7.11 Å². The molecule has 8 nitrogen and oxygen atoms in total. The second-order valence-corrected chi connectivity index (χ2v) is 4.49. The van der Waals surface area contributed by atoms with Crippen LogP contribution in [0.25, 0.3) is 6.08 Å². The summed E-state index contributed by atoms with van der Waals surface area (Å²) < 4.78 is 15.2. The normalized spacial score (nSPS) is 10.1. The summed E-state index contributed by atoms with van der Waals surface area (Å²) >= 11 is 0. The number of carbonyl (C=O) groups excluding carboxylic acids is 3. The number of nitrogens with one attached hydrogen (secondary N) is 2. The molecule has 1 rings (SSSR count). The van der Waals surface area contributed by atoms with Crippen LogP contribution in [-0.4, -0.2) is 45.3 Å². The molecule has 0 aliphatic rings. The number of imide groups is 1. The van der Waals surface area contributed by atoms with Crippen LogP contribution < -0.4 is 20.1 Å². The number of benzene rings is 1. The molecule has 0 unspecified atom stereocenters. The zero-order valence-corrected chi connectivity index (χ0v) is 13.8. The van der Waals surface area contributed by atoms with Gasteiger partial charge in [0.25, 0.3) is 5.91 Å². The Labute approximate surface area is 139 Å². The van der Waals surface area contributed by atoms with Gasteiger partial charge in [-0.3, -0.25) is 10.1 Å². The first-order chi connectivity index (χ1) is 11.5. The van der Waals surface area contributed by atoms with E-state index in [1.54, 1.807) is 18.2 Å². The van der Waals surface area contributed by atoms with E-state index in [2.05, 4.69) is 5.32 Å². The molecule has 3 amide bonds. The summed E-state index contributed by atoms with van der Waals surface area (Å²) in [5, 5.41) is 4.16. The van der Waals surface area contributed by atoms with Gasteiger partial charge in [-0.15, -0.1) is 0 Å². The quantitative estimate of drug-likeness (QED) is 0.723. The van der Waals surface area contributed by atoms with Gasteiger partial charge in [0.15, 0.2) is 24.7 Å². The van der Waals surface area contributed by atoms with Gasteiger partial charge in [0.2, 0.25) is 0 Å². The van der Waals surface area contributed by atoms with E-state index in [-0.39, 0.29) is 0 Å². The van der Waals surface area contributed by atoms with Crippen molar-refractivity contribution in [2.45, 2.75) is 6.92 Å². The van der Waals surface area contributed by atoms with Crippen molar-refractivity contribution in [3.05, 3.63) is 29.8 Å². The maximum absolute atomic E-state index is 11.6. The maximum atomic E-state index is 11.6. The van der Waals surface area contributed by atoms with Crippen LogP contribution >= 0.6 is 0 Å². The first-order valence-corrected chi connectivity index (χ1v) is 7.10. The third kappa shape index (κ3) is 6.39. The Bertz CT molecular complexity index is 627. The highest BCUT2D eigenvalue weighted by molar-refractivity contribution is 5.95. The SMILES string of the molecule is C/C=C/c1ccc(OCC(=O)OCC(=O)NC(=O)NC)c(OC)c1. The smallest absolute Gasteiger partial charge is 0.344 e. The second kappa shape index (κ2) is 9.88. The lowest BCUT2D eigenvalue weighted by atomic mass is 10.2. The van der Waals surface area contributed by atoms with Crippen LogP contribution in [0.2, 0.25) is 0 Å². The van der Waals surface area contributed by atoms with Gasteiger partial charge in [0.1, 0.15) is 0 Å². The molecule has 0 saturated heterocycles. The number of esters is 1. The first-order valence-electron chi connectivity index (χ1n) is 7.10. The number of carbonyl (C=O) groups is 3. The summed E-state index contributed by atoms with van der Waals surface area (Å²) in [5.74, 6) is -0.647. The van der Waals surface area contributed by atoms with Crippen LogP contribution in [0.1, 0.15) is 12.5 Å². The molecule has 2 N–H and O–H groups in total. The van der Waals surface area contributed by atoms with E-state index in [4.69, 9.17) is 14.2 Å². The van der Waals surface area contributed by atoms with E-state index >= 15 is 0 Å². The lowest BCUT2D eigenvalue weighted by Crippen LogP contribution is -2.40. The van der Waals surface area contributed by atoms with Crippen molar-refractivity contribution in [1.29, 1.82) is 0 Å². The van der Waals surface area contributed by atoms with Crippen molar-refractivity contribution < 1.29 is 28.6 Å². The molecule has 1 aromatic carbocycles. The number of ether oxygens (including phenoxy) is 3. The Balaban J connectivity index is 2.49. The van der Waals surface area contributed by atoms with Crippen LogP contribution in [0.15, 0.2) is 24.3 Å². The summed E-state index contributed by atoms with van der Waals surface area (Å²) in [6.07, 6.45) is 3.78. The van der Waals surface area contributed by atoms with E-state index in [1.807, 2.05) is 24.4 Å². The van der Waals surface area contributed by atoms with Crippen molar-refractivity contribution in [1.82, 2.24) is 10.6 Å². The first kappa shape index (κ1) is 19.0. The van der Waals surface area contributed by atoms with Gasteiger partial charge in [-0.05, 0) is 24.6 Å². The van der Waals surface area contributed by atoms with Crippen molar-refractivity contribution in [3.8, 4) is 11.5 Å². The van der Waals surface area contributed by atoms with Crippen molar-refractivity contribution >= 4 is 24.0 Å². The number of amides is 3. The Kier molecular flexibility index (Phi) is 7.83. The number of hydrogen-bond donors (Lipinski definition) is 2. The fourth-order valence-corrected chi connectivity index (χ4v) is 1.65. The third-order valence-corrected chi connectivity index (χ3v) is 2.74. The molecular formula is C16H20N2O6. The second-order valence-electron chi connectivity index (χ2n) is 4.49. The van der Waals surface area contributed by atoms with Crippen LogP contribution in [0.5, 0.6) is 11.5 Å². The molecular weight excluding hydrogens is 316 g/mol. The molecule has 130 valence electrons. The maximum Gasteiger partial charge on any atom is 0.344 e. The fourth-order valence-electron chi connectivity index (χ4n) is 1.65. The van der Waals surface area contributed by atoms with Gasteiger partial charge in [-0.2, -0.15) is 0 Å². The summed E-state index contributed by atoms with van der Waals surface area (Å²) in [5.41, 5.74) is 0.926. The van der Waals surface area contributed by atoms with Crippen molar-refractivity contribution in [2.75, 3.05) is 27.4 Å². The average Bonchev–Trinajstić information content (AvgIpc) is 2.58. The molecule has 0 saturated carbocycles. The predicted octanol–water partition coefficient (Wildman–Crippen LogP) is 1.11. The minimum atomic E-state index is -0.748. The van der Waals surface area contributed by atoms with Gasteiger partial charge in [-0.1, -0.05) is 18.2 Å². The van der Waals surface area contributed by atoms with E-state index < -0.39 is 31.1 Å². The van der Waals surface area contributed by atoms with E-state index in [9.17, 15) is 14.4 Å². The zero-order chi connectivity index (χ0) is 17.9. The van der Waals surface area contributed by atoms with Gasteiger partial charge in [-0.25, -0.2) is 9.59 Å². The van der Waals surface area contributed by atoms with Crippen LogP contribution in [-0.2, 0) is 14.3 Å². The Hall–Kier alpha value is -3.03. The minimum Gasteiger partial charge on any atom is -0.493 e. The predicted molar refractivity (Wildman–Crippen MR) is 86.8 cm³/mol. The van der Waals surface area contributed by atoms with Crippen molar-refractivity contribution in [3.63, 3.8) is 0 Å². The standard InChI is InChI=1S/C16H20N2O6/c1-4-5-11-6-7-12(13(8-11)22-3)23-10-15(20)24-9-14(19)18-16(21)17-2/h4-8H,9-10H2,1-3H3,(H2,17,18,19,21)/b5-4+. The van der Waals surface area contributed by atoms with Gasteiger partial charge >= 0.3 is 12.0 Å². The molecule has 0 aliphatic carbocycles. The Morgan fingerprint density at radius 3 is 2.54 bits per heavy atom. The highest BCUT2D eigenvalue weighted by Gasteiger charge is 2.12. The molecule has 0 spiro atoms. The summed E-state index contributed by atoms with van der Waals surface area (Å²) in [4.78, 5) is 33.7. The zero-order valence-electron chi connectivity index (χ0n) is 13.8. The topological polar surface area (TPSA) is 103 Å². The Morgan fingerprint density at radius 2 is 1.92 bits per heavy atom. The molecule has 0 radical (unpaired) electrons. The molecule has 0 bridgehead atoms. The average molecular weight is 336 g/mol. The van der Waals surface area contributed by atoms with Gasteiger partial charge in [0, 0.05) is 7.05 Å². The lowest BCUT2D eigenvalue weighted by Gasteiger charge is -2.11. The third-order valence-electron chi connectivity index (χ3n) is 2.74. The van der Waals surface area contributed by atoms with E-state index in [1.165, 1.54) is 14.2 Å². The summed E-state index contributed by atoms with van der Waals surface area (Å²) in [6, 6.07) is 4.55. The molecule has 1 aromatic rings. The summed E-state index contributed by atoms with van der Waals surface area (Å²) in [7, 11) is 2.85. The molecule has 0 atom stereocenters. The van der Waals surface area contributed by atoms with E-state index in [0.717, 1.165) is 5.56 Å². The number of allylic oxidation sites excluding steroid dienone is 1. The highest BCUT2D eigenvalue weighted by Crippen LogP contribution is 2.28. The van der Waals surface area contributed by atoms with E-state index in [0.29, 0.717) is 11.5 Å². The molecule has 8 heteroatoms. The monoisotopic (exact) mass is 336 g/mol. The summed E-state index contributed by atoms with van der Waals surface area (Å²) in [6.45, 7) is 0.923. The molecule has 0 aliphatic heterocycles. The lowest BCUT2D eigenvalue weighted by molar-refractivity contribution is -0.150. The van der Waals surface area contributed by atoms with Crippen LogP contribution in [0.3, 0.4) is 0 Å². The number of urea groups is 1. The number of rotatable bonds is 7. The molecule has 0 fully saturated rings. The number of methoxy groups -OCH3 is 1. The largest absolute Gasteiger partial charge is 0.493 e. The highest BCUT2D eigenvalue weighted by atomic mass is 16.6. The van der Waals surface area contributed by atoms with Gasteiger partial charge < -0.3 is 19.5 Å². The van der Waals surface area contributed by atoms with Crippen LogP contribution in [0, 0.1) is 0 Å². The number of hydrogen-bond acceptors (Lipinski definition) is 6.